The van der Waals surface area contributed by atoms with Crippen molar-refractivity contribution in [3.63, 3.8) is 0 Å². The molecule has 1 aromatic carbocycles. The number of hydrogen-bond acceptors (Lipinski definition) is 1. The third kappa shape index (κ3) is 2.87. The Balaban J connectivity index is 3.09. The van der Waals surface area contributed by atoms with Crippen molar-refractivity contribution < 1.29 is 22.3 Å². The van der Waals surface area contributed by atoms with Crippen LogP contribution in [0.15, 0.2) is 16.6 Å². The van der Waals surface area contributed by atoms with Crippen LogP contribution in [0.3, 0.4) is 0 Å². The molecule has 0 amide bonds. The second-order valence-electron chi connectivity index (χ2n) is 2.61. The molecule has 78 valence electrons. The van der Waals surface area contributed by atoms with Crippen molar-refractivity contribution in [1.29, 1.82) is 0 Å². The minimum Gasteiger partial charge on any atom is -0.426 e. The van der Waals surface area contributed by atoms with Crippen molar-refractivity contribution >= 4 is 15.9 Å². The van der Waals surface area contributed by atoms with Gasteiger partial charge in [-0.1, -0.05) is 15.9 Å². The number of rotatable bonds is 2. The van der Waals surface area contributed by atoms with Gasteiger partial charge in [-0.3, -0.25) is 0 Å². The van der Waals surface area contributed by atoms with Crippen LogP contribution in [0.5, 0.6) is 5.75 Å². The maximum atomic E-state index is 12.9. The molecule has 1 nitrogen and oxygen atoms in total. The molecule has 0 atom stereocenters. The van der Waals surface area contributed by atoms with Gasteiger partial charge >= 0.3 is 6.11 Å². The molecule has 0 heterocycles. The minimum absolute atomic E-state index is 0.110. The fourth-order valence-corrected chi connectivity index (χ4v) is 1.21. The number of hydrogen-bond donors (Lipinski definition) is 0. The Bertz CT molecular complexity index is 325. The van der Waals surface area contributed by atoms with Crippen LogP contribution in [0.2, 0.25) is 0 Å². The third-order valence-electron chi connectivity index (χ3n) is 1.24. The molecule has 0 aromatic heterocycles. The highest BCUT2D eigenvalue weighted by Crippen LogP contribution is 2.29. The largest absolute Gasteiger partial charge is 0.426 e. The van der Waals surface area contributed by atoms with E-state index in [-0.39, 0.29) is 4.47 Å². The van der Waals surface area contributed by atoms with Gasteiger partial charge < -0.3 is 4.74 Å². The molecule has 0 spiro atoms. The maximum Gasteiger partial charge on any atom is 0.395 e. The van der Waals surface area contributed by atoms with Crippen molar-refractivity contribution in [1.82, 2.24) is 0 Å². The van der Waals surface area contributed by atoms with Gasteiger partial charge in [0.25, 0.3) is 0 Å². The van der Waals surface area contributed by atoms with Gasteiger partial charge in [0, 0.05) is 11.4 Å². The average Bonchev–Trinajstić information content (AvgIpc) is 1.95. The molecule has 0 saturated heterocycles. The highest BCUT2D eigenvalue weighted by atomic mass is 79.9. The summed E-state index contributed by atoms with van der Waals surface area (Å²) in [6.07, 6.45) is -3.62. The van der Waals surface area contributed by atoms with Gasteiger partial charge in [0.15, 0.2) is 17.4 Å². The number of benzene rings is 1. The summed E-state index contributed by atoms with van der Waals surface area (Å²) >= 11 is 2.80. The van der Waals surface area contributed by atoms with Crippen LogP contribution in [0.1, 0.15) is 6.92 Å². The SMILES string of the molecule is CC(F)(F)Oc1c(F)cc(Br)cc1F. The van der Waals surface area contributed by atoms with Crippen molar-refractivity contribution in [2.75, 3.05) is 0 Å². The zero-order valence-electron chi connectivity index (χ0n) is 6.95. The van der Waals surface area contributed by atoms with E-state index in [0.717, 1.165) is 12.1 Å². The lowest BCUT2D eigenvalue weighted by molar-refractivity contribution is -0.162. The van der Waals surface area contributed by atoms with E-state index in [2.05, 4.69) is 20.7 Å². The Morgan fingerprint density at radius 2 is 1.64 bits per heavy atom. The van der Waals surface area contributed by atoms with E-state index in [1.807, 2.05) is 0 Å². The predicted octanol–water partition coefficient (Wildman–Crippen LogP) is 3.72. The van der Waals surface area contributed by atoms with Crippen molar-refractivity contribution in [2.24, 2.45) is 0 Å². The fraction of sp³-hybridized carbons (Fsp3) is 0.250. The van der Waals surface area contributed by atoms with Crippen LogP contribution in [-0.4, -0.2) is 6.11 Å². The molecule has 0 radical (unpaired) electrons. The number of alkyl halides is 2. The fourth-order valence-electron chi connectivity index (χ4n) is 0.806. The van der Waals surface area contributed by atoms with Gasteiger partial charge in [-0.05, 0) is 12.1 Å². The van der Waals surface area contributed by atoms with Gasteiger partial charge in [-0.2, -0.15) is 8.78 Å². The Hall–Kier alpha value is -0.780. The van der Waals surface area contributed by atoms with Crippen molar-refractivity contribution in [2.45, 2.75) is 13.0 Å². The molecule has 0 aliphatic carbocycles. The van der Waals surface area contributed by atoms with Gasteiger partial charge in [0.05, 0.1) is 0 Å². The number of ether oxygens (including phenoxy) is 1. The molecule has 0 aliphatic rings. The first-order chi connectivity index (χ1) is 6.29. The zero-order valence-corrected chi connectivity index (χ0v) is 8.54. The molecule has 1 rings (SSSR count). The number of halogens is 5. The quantitative estimate of drug-likeness (QED) is 0.746. The molecule has 6 heteroatoms. The molecular weight excluding hydrogens is 268 g/mol. The van der Waals surface area contributed by atoms with Gasteiger partial charge in [0.2, 0.25) is 0 Å². The summed E-state index contributed by atoms with van der Waals surface area (Å²) in [5.74, 6) is -3.45. The molecule has 0 saturated carbocycles. The van der Waals surface area contributed by atoms with Crippen LogP contribution >= 0.6 is 15.9 Å². The molecule has 0 fully saturated rings. The lowest BCUT2D eigenvalue weighted by atomic mass is 10.3. The highest BCUT2D eigenvalue weighted by molar-refractivity contribution is 9.10. The van der Waals surface area contributed by atoms with E-state index in [1.54, 1.807) is 0 Å². The van der Waals surface area contributed by atoms with E-state index in [9.17, 15) is 17.6 Å². The molecule has 0 N–H and O–H groups in total. The summed E-state index contributed by atoms with van der Waals surface area (Å²) in [5, 5.41) is 0. The molecule has 0 bridgehead atoms. The van der Waals surface area contributed by atoms with E-state index in [4.69, 9.17) is 0 Å². The summed E-state index contributed by atoms with van der Waals surface area (Å²) in [6, 6.07) is 1.67. The second-order valence-corrected chi connectivity index (χ2v) is 3.52. The molecule has 14 heavy (non-hydrogen) atoms. The van der Waals surface area contributed by atoms with E-state index in [0.29, 0.717) is 6.92 Å². The Labute approximate surface area is 85.8 Å². The topological polar surface area (TPSA) is 9.23 Å². The predicted molar refractivity (Wildman–Crippen MR) is 45.3 cm³/mol. The zero-order chi connectivity index (χ0) is 10.9. The summed E-state index contributed by atoms with van der Waals surface area (Å²) in [6.45, 7) is 0.397. The third-order valence-corrected chi connectivity index (χ3v) is 1.70. The van der Waals surface area contributed by atoms with Crippen LogP contribution in [0.25, 0.3) is 0 Å². The molecule has 1 aromatic rings. The standard InChI is InChI=1S/C8H5BrF4O/c1-8(12,13)14-7-5(10)2-4(9)3-6(7)11/h2-3H,1H3. The first-order valence-corrected chi connectivity index (χ1v) is 4.30. The molecule has 0 unspecified atom stereocenters. The summed E-state index contributed by atoms with van der Waals surface area (Å²) < 4.78 is 54.4. The maximum absolute atomic E-state index is 12.9. The van der Waals surface area contributed by atoms with Crippen LogP contribution in [-0.2, 0) is 0 Å². The monoisotopic (exact) mass is 272 g/mol. The molecule has 0 aliphatic heterocycles. The van der Waals surface area contributed by atoms with Crippen molar-refractivity contribution in [3.8, 4) is 5.75 Å². The normalized spacial score (nSPS) is 11.6. The Morgan fingerprint density at radius 3 is 2.00 bits per heavy atom. The molecular formula is C8H5BrF4O. The first kappa shape index (κ1) is 11.3. The van der Waals surface area contributed by atoms with E-state index < -0.39 is 23.5 Å². The Morgan fingerprint density at radius 1 is 1.21 bits per heavy atom. The van der Waals surface area contributed by atoms with E-state index in [1.165, 1.54) is 0 Å². The summed E-state index contributed by atoms with van der Waals surface area (Å²) in [5.41, 5.74) is 0. The lowest BCUT2D eigenvalue weighted by Gasteiger charge is -2.14. The lowest BCUT2D eigenvalue weighted by Crippen LogP contribution is -2.20. The van der Waals surface area contributed by atoms with Crippen LogP contribution in [0, 0.1) is 11.6 Å². The van der Waals surface area contributed by atoms with Crippen molar-refractivity contribution in [3.05, 3.63) is 28.2 Å². The van der Waals surface area contributed by atoms with Gasteiger partial charge in [-0.15, -0.1) is 0 Å². The minimum atomic E-state index is -3.62. The second kappa shape index (κ2) is 3.76. The summed E-state index contributed by atoms with van der Waals surface area (Å²) in [7, 11) is 0. The van der Waals surface area contributed by atoms with Crippen LogP contribution < -0.4 is 4.74 Å². The highest BCUT2D eigenvalue weighted by Gasteiger charge is 2.27. The summed E-state index contributed by atoms with van der Waals surface area (Å²) in [4.78, 5) is 0. The van der Waals surface area contributed by atoms with Gasteiger partial charge in [0.1, 0.15) is 0 Å². The smallest absolute Gasteiger partial charge is 0.395 e. The van der Waals surface area contributed by atoms with E-state index >= 15 is 0 Å². The first-order valence-electron chi connectivity index (χ1n) is 3.51. The average molecular weight is 273 g/mol. The Kier molecular flexibility index (Phi) is 3.04. The van der Waals surface area contributed by atoms with Crippen LogP contribution in [0.4, 0.5) is 17.6 Å². The van der Waals surface area contributed by atoms with Gasteiger partial charge in [-0.25, -0.2) is 8.78 Å².